The molecule has 6 nitrogen and oxygen atoms in total. The minimum absolute atomic E-state index is 0.169. The van der Waals surface area contributed by atoms with Gasteiger partial charge in [0.25, 0.3) is 0 Å². The van der Waals surface area contributed by atoms with E-state index in [2.05, 4.69) is 9.97 Å². The zero-order valence-electron chi connectivity index (χ0n) is 13.3. The number of aromatic nitrogens is 2. The van der Waals surface area contributed by atoms with Gasteiger partial charge in [0.05, 0.1) is 29.7 Å². The van der Waals surface area contributed by atoms with Gasteiger partial charge in [-0.05, 0) is 30.5 Å². The van der Waals surface area contributed by atoms with E-state index < -0.39 is 15.8 Å². The standard InChI is InChI=1S/C16H17ClFN3O3S/c17-13-8-19-16(20-9-13)24-15-2-1-7-21(10-15)25(22,23)11-12-3-5-14(18)6-4-12/h3-6,8-9,15H,1-2,7,10-11H2. The molecule has 134 valence electrons. The molecule has 1 aromatic carbocycles. The molecule has 1 unspecified atom stereocenters. The monoisotopic (exact) mass is 385 g/mol. The molecule has 1 atom stereocenters. The summed E-state index contributed by atoms with van der Waals surface area (Å²) < 4.78 is 45.3. The van der Waals surface area contributed by atoms with Crippen molar-refractivity contribution in [2.45, 2.75) is 24.7 Å². The second-order valence-corrected chi connectivity index (χ2v) is 8.21. The smallest absolute Gasteiger partial charge is 0.316 e. The second-order valence-electron chi connectivity index (χ2n) is 5.81. The van der Waals surface area contributed by atoms with Crippen molar-refractivity contribution < 1.29 is 17.5 Å². The summed E-state index contributed by atoms with van der Waals surface area (Å²) in [7, 11) is -3.51. The molecule has 1 aliphatic heterocycles. The van der Waals surface area contributed by atoms with E-state index in [1.54, 1.807) is 0 Å². The van der Waals surface area contributed by atoms with Crippen molar-refractivity contribution in [3.05, 3.63) is 53.1 Å². The summed E-state index contributed by atoms with van der Waals surface area (Å²) in [4.78, 5) is 7.93. The maximum Gasteiger partial charge on any atom is 0.316 e. The Balaban J connectivity index is 1.65. The Hall–Kier alpha value is -1.77. The molecule has 0 saturated carbocycles. The highest BCUT2D eigenvalue weighted by molar-refractivity contribution is 7.88. The van der Waals surface area contributed by atoms with Crippen molar-refractivity contribution in [1.29, 1.82) is 0 Å². The Kier molecular flexibility index (Phi) is 5.51. The zero-order valence-corrected chi connectivity index (χ0v) is 14.9. The summed E-state index contributed by atoms with van der Waals surface area (Å²) in [5, 5.41) is 0.402. The maximum atomic E-state index is 13.0. The van der Waals surface area contributed by atoms with Gasteiger partial charge in [-0.2, -0.15) is 4.31 Å². The average Bonchev–Trinajstić information content (AvgIpc) is 2.59. The van der Waals surface area contributed by atoms with Gasteiger partial charge in [0.15, 0.2) is 0 Å². The second kappa shape index (κ2) is 7.63. The fraction of sp³-hybridized carbons (Fsp3) is 0.375. The zero-order chi connectivity index (χ0) is 17.9. The lowest BCUT2D eigenvalue weighted by Gasteiger charge is -2.31. The van der Waals surface area contributed by atoms with Crippen LogP contribution in [0.1, 0.15) is 18.4 Å². The highest BCUT2D eigenvalue weighted by atomic mass is 35.5. The quantitative estimate of drug-likeness (QED) is 0.791. The van der Waals surface area contributed by atoms with Crippen LogP contribution in [0.5, 0.6) is 6.01 Å². The normalized spacial score (nSPS) is 18.9. The van der Waals surface area contributed by atoms with E-state index in [4.69, 9.17) is 16.3 Å². The number of sulfonamides is 1. The Morgan fingerprint density at radius 1 is 1.24 bits per heavy atom. The van der Waals surface area contributed by atoms with Crippen molar-refractivity contribution in [3.8, 4) is 6.01 Å². The van der Waals surface area contributed by atoms with Crippen LogP contribution in [0.15, 0.2) is 36.7 Å². The Morgan fingerprint density at radius 3 is 2.60 bits per heavy atom. The third-order valence-corrected chi connectivity index (χ3v) is 5.88. The van der Waals surface area contributed by atoms with Gasteiger partial charge in [-0.15, -0.1) is 0 Å². The SMILES string of the molecule is O=S(=O)(Cc1ccc(F)cc1)N1CCCC(Oc2ncc(Cl)cn2)C1. The molecule has 0 spiro atoms. The first-order chi connectivity index (χ1) is 11.9. The van der Waals surface area contributed by atoms with Crippen LogP contribution >= 0.6 is 11.6 Å². The van der Waals surface area contributed by atoms with Gasteiger partial charge in [0.1, 0.15) is 11.9 Å². The van der Waals surface area contributed by atoms with E-state index in [0.29, 0.717) is 30.0 Å². The van der Waals surface area contributed by atoms with Crippen LogP contribution in [0.2, 0.25) is 5.02 Å². The molecule has 2 aromatic rings. The van der Waals surface area contributed by atoms with E-state index >= 15 is 0 Å². The van der Waals surface area contributed by atoms with Gasteiger partial charge in [0.2, 0.25) is 10.0 Å². The van der Waals surface area contributed by atoms with Crippen molar-refractivity contribution in [2.75, 3.05) is 13.1 Å². The molecule has 2 heterocycles. The number of hydrogen-bond acceptors (Lipinski definition) is 5. The number of hydrogen-bond donors (Lipinski definition) is 0. The van der Waals surface area contributed by atoms with Crippen LogP contribution in [0.4, 0.5) is 4.39 Å². The summed E-state index contributed by atoms with van der Waals surface area (Å²) in [5.74, 6) is -0.562. The first-order valence-corrected chi connectivity index (χ1v) is 9.77. The highest BCUT2D eigenvalue weighted by Gasteiger charge is 2.30. The van der Waals surface area contributed by atoms with Gasteiger partial charge >= 0.3 is 6.01 Å². The molecule has 0 N–H and O–H groups in total. The number of piperidine rings is 1. The first-order valence-electron chi connectivity index (χ1n) is 7.79. The number of nitrogens with zero attached hydrogens (tertiary/aromatic N) is 3. The topological polar surface area (TPSA) is 72.4 Å². The van der Waals surface area contributed by atoms with Gasteiger partial charge in [-0.3, -0.25) is 0 Å². The predicted octanol–water partition coefficient (Wildman–Crippen LogP) is 2.64. The minimum Gasteiger partial charge on any atom is -0.459 e. The van der Waals surface area contributed by atoms with Crippen molar-refractivity contribution in [2.24, 2.45) is 0 Å². The van der Waals surface area contributed by atoms with E-state index in [1.807, 2.05) is 0 Å². The third kappa shape index (κ3) is 4.87. The van der Waals surface area contributed by atoms with E-state index in [9.17, 15) is 12.8 Å². The summed E-state index contributed by atoms with van der Waals surface area (Å²) in [5.41, 5.74) is 0.547. The molecule has 25 heavy (non-hydrogen) atoms. The van der Waals surface area contributed by atoms with Crippen LogP contribution in [0.25, 0.3) is 0 Å². The Bertz CT molecular complexity index is 816. The summed E-state index contributed by atoms with van der Waals surface area (Å²) in [6.45, 7) is 0.667. The lowest BCUT2D eigenvalue weighted by Crippen LogP contribution is -2.44. The fourth-order valence-electron chi connectivity index (χ4n) is 2.65. The van der Waals surface area contributed by atoms with Crippen LogP contribution < -0.4 is 4.74 Å². The molecule has 1 aromatic heterocycles. The summed E-state index contributed by atoms with van der Waals surface area (Å²) >= 11 is 5.73. The molecule has 0 radical (unpaired) electrons. The highest BCUT2D eigenvalue weighted by Crippen LogP contribution is 2.20. The number of rotatable bonds is 5. The van der Waals surface area contributed by atoms with Crippen molar-refractivity contribution in [1.82, 2.24) is 14.3 Å². The Labute approximate surface area is 150 Å². The molecule has 1 saturated heterocycles. The molecule has 1 fully saturated rings. The van der Waals surface area contributed by atoms with Gasteiger partial charge in [-0.1, -0.05) is 23.7 Å². The third-order valence-electron chi connectivity index (χ3n) is 3.87. The van der Waals surface area contributed by atoms with Crippen LogP contribution in [0.3, 0.4) is 0 Å². The largest absolute Gasteiger partial charge is 0.459 e. The number of benzene rings is 1. The number of halogens is 2. The van der Waals surface area contributed by atoms with Crippen LogP contribution in [-0.2, 0) is 15.8 Å². The molecular formula is C16H17ClFN3O3S. The molecule has 0 bridgehead atoms. The molecule has 0 aliphatic carbocycles. The minimum atomic E-state index is -3.51. The lowest BCUT2D eigenvalue weighted by molar-refractivity contribution is 0.119. The van der Waals surface area contributed by atoms with Crippen molar-refractivity contribution >= 4 is 21.6 Å². The number of ether oxygens (including phenoxy) is 1. The van der Waals surface area contributed by atoms with Crippen LogP contribution in [0, 0.1) is 5.82 Å². The van der Waals surface area contributed by atoms with Gasteiger partial charge in [0, 0.05) is 6.54 Å². The molecular weight excluding hydrogens is 369 g/mol. The first kappa shape index (κ1) is 18.0. The van der Waals surface area contributed by atoms with Gasteiger partial charge < -0.3 is 4.74 Å². The van der Waals surface area contributed by atoms with Crippen LogP contribution in [-0.4, -0.2) is 41.9 Å². The fourth-order valence-corrected chi connectivity index (χ4v) is 4.34. The summed E-state index contributed by atoms with van der Waals surface area (Å²) in [6.07, 6.45) is 3.93. The molecule has 3 rings (SSSR count). The summed E-state index contributed by atoms with van der Waals surface area (Å²) in [6, 6.07) is 5.64. The molecule has 9 heteroatoms. The predicted molar refractivity (Wildman–Crippen MR) is 91.3 cm³/mol. The Morgan fingerprint density at radius 2 is 1.92 bits per heavy atom. The maximum absolute atomic E-state index is 13.0. The molecule has 1 aliphatic rings. The van der Waals surface area contributed by atoms with E-state index in [-0.39, 0.29) is 24.4 Å². The average molecular weight is 386 g/mol. The van der Waals surface area contributed by atoms with E-state index in [0.717, 1.165) is 0 Å². The van der Waals surface area contributed by atoms with Crippen molar-refractivity contribution in [3.63, 3.8) is 0 Å². The van der Waals surface area contributed by atoms with E-state index in [1.165, 1.54) is 41.0 Å². The lowest BCUT2D eigenvalue weighted by atomic mass is 10.1. The molecule has 0 amide bonds. The van der Waals surface area contributed by atoms with Gasteiger partial charge in [-0.25, -0.2) is 22.8 Å².